The summed E-state index contributed by atoms with van der Waals surface area (Å²) in [4.78, 5) is 55.3. The Morgan fingerprint density at radius 1 is 0.930 bits per heavy atom. The summed E-state index contributed by atoms with van der Waals surface area (Å²) >= 11 is 0. The summed E-state index contributed by atoms with van der Waals surface area (Å²) in [7, 11) is 0. The topological polar surface area (TPSA) is 126 Å². The summed E-state index contributed by atoms with van der Waals surface area (Å²) < 4.78 is 11.2. The van der Waals surface area contributed by atoms with Gasteiger partial charge in [-0.15, -0.1) is 0 Å². The molecular formula is C33H52N4O6. The molecular weight excluding hydrogens is 548 g/mol. The van der Waals surface area contributed by atoms with Crippen LogP contribution in [0.3, 0.4) is 0 Å². The maximum Gasteiger partial charge on any atom is 0.318 e. The van der Waals surface area contributed by atoms with Crippen LogP contribution in [0.15, 0.2) is 30.3 Å². The lowest BCUT2D eigenvalue weighted by Gasteiger charge is -2.33. The predicted octanol–water partition coefficient (Wildman–Crippen LogP) is 3.97. The number of amides is 4. The van der Waals surface area contributed by atoms with Gasteiger partial charge in [-0.3, -0.25) is 14.4 Å². The number of morpholine rings is 1. The van der Waals surface area contributed by atoms with Gasteiger partial charge in [0, 0.05) is 18.6 Å². The minimum Gasteiger partial charge on any atom is -0.378 e. The fraction of sp³-hybridized carbons (Fsp3) is 0.697. The van der Waals surface area contributed by atoms with Crippen LogP contribution in [0.2, 0.25) is 0 Å². The number of Topliss-reactive ketones (excluding diaryl/α,β-unsaturated/α-hetero) is 1. The van der Waals surface area contributed by atoms with Crippen LogP contribution in [0.4, 0.5) is 4.79 Å². The zero-order valence-electron chi connectivity index (χ0n) is 26.7. The van der Waals surface area contributed by atoms with Gasteiger partial charge in [0.05, 0.1) is 26.4 Å². The first-order valence-electron chi connectivity index (χ1n) is 15.7. The Hall–Kier alpha value is -2.98. The molecule has 4 amide bonds. The molecule has 0 bridgehead atoms. The average molecular weight is 601 g/mol. The van der Waals surface area contributed by atoms with E-state index in [0.29, 0.717) is 45.1 Å². The predicted molar refractivity (Wildman–Crippen MR) is 165 cm³/mol. The SMILES string of the molecule is CC(C)(C)CC(C)(C)NC(=O)C(=O)C(COCc1ccccc1)NC(=O)C(CC1CCCCC1)NC(=O)N1CCOCC1. The standard InChI is InChI=1S/C33H52N4O6/c1-32(2,3)23-33(4,5)36-30(40)28(38)27(22-43-21-25-14-10-7-11-15-25)34-29(39)26(20-24-12-8-6-9-13-24)35-31(41)37-16-18-42-19-17-37/h7,10-11,14-15,24,26-27H,6,8-9,12-13,16-23H2,1-5H3,(H,34,39)(H,35,41)(H,36,40). The lowest BCUT2D eigenvalue weighted by atomic mass is 9.81. The van der Waals surface area contributed by atoms with Crippen LogP contribution in [0.25, 0.3) is 0 Å². The first kappa shape index (κ1) is 34.5. The molecule has 2 unspecified atom stereocenters. The third-order valence-electron chi connectivity index (χ3n) is 7.88. The molecule has 1 aliphatic carbocycles. The monoisotopic (exact) mass is 600 g/mol. The van der Waals surface area contributed by atoms with Crippen LogP contribution in [-0.4, -0.2) is 79.1 Å². The molecule has 2 atom stereocenters. The highest BCUT2D eigenvalue weighted by molar-refractivity contribution is 6.38. The summed E-state index contributed by atoms with van der Waals surface area (Å²) in [5.41, 5.74) is 0.195. The van der Waals surface area contributed by atoms with Crippen LogP contribution in [0.1, 0.15) is 85.1 Å². The molecule has 1 heterocycles. The van der Waals surface area contributed by atoms with Crippen molar-refractivity contribution in [2.45, 2.75) is 104 Å². The zero-order valence-corrected chi connectivity index (χ0v) is 26.7. The van der Waals surface area contributed by atoms with E-state index in [4.69, 9.17) is 9.47 Å². The first-order chi connectivity index (χ1) is 20.3. The number of hydrogen-bond donors (Lipinski definition) is 3. The van der Waals surface area contributed by atoms with Crippen molar-refractivity contribution in [2.75, 3.05) is 32.9 Å². The van der Waals surface area contributed by atoms with Gasteiger partial charge >= 0.3 is 6.03 Å². The summed E-state index contributed by atoms with van der Waals surface area (Å²) in [6.45, 7) is 11.8. The Balaban J connectivity index is 1.75. The highest BCUT2D eigenvalue weighted by Crippen LogP contribution is 2.28. The average Bonchev–Trinajstić information content (AvgIpc) is 2.95. The van der Waals surface area contributed by atoms with Crippen molar-refractivity contribution in [1.29, 1.82) is 0 Å². The molecule has 240 valence electrons. The number of urea groups is 1. The molecule has 2 fully saturated rings. The second kappa shape index (κ2) is 16.2. The van der Waals surface area contributed by atoms with Gasteiger partial charge in [0.15, 0.2) is 0 Å². The van der Waals surface area contributed by atoms with Crippen LogP contribution < -0.4 is 16.0 Å². The largest absolute Gasteiger partial charge is 0.378 e. The Morgan fingerprint density at radius 3 is 2.21 bits per heavy atom. The highest BCUT2D eigenvalue weighted by Gasteiger charge is 2.35. The van der Waals surface area contributed by atoms with Gasteiger partial charge in [0.2, 0.25) is 11.7 Å². The molecule has 0 radical (unpaired) electrons. The lowest BCUT2D eigenvalue weighted by molar-refractivity contribution is -0.142. The third kappa shape index (κ3) is 12.3. The van der Waals surface area contributed by atoms with E-state index in [1.54, 1.807) is 4.90 Å². The minimum absolute atomic E-state index is 0.0722. The lowest BCUT2D eigenvalue weighted by Crippen LogP contribution is -2.59. The van der Waals surface area contributed by atoms with Crippen LogP contribution in [-0.2, 0) is 30.5 Å². The van der Waals surface area contributed by atoms with Gasteiger partial charge in [-0.1, -0.05) is 83.2 Å². The number of nitrogens with zero attached hydrogens (tertiary/aromatic N) is 1. The molecule has 2 aliphatic rings. The smallest absolute Gasteiger partial charge is 0.318 e. The van der Waals surface area contributed by atoms with E-state index in [0.717, 1.165) is 31.2 Å². The Labute approximate surface area is 257 Å². The van der Waals surface area contributed by atoms with Crippen molar-refractivity contribution in [3.63, 3.8) is 0 Å². The van der Waals surface area contributed by atoms with E-state index in [-0.39, 0.29) is 24.7 Å². The van der Waals surface area contributed by atoms with E-state index < -0.39 is 35.2 Å². The number of rotatable bonds is 13. The second-order valence-corrected chi connectivity index (χ2v) is 13.8. The number of benzene rings is 1. The van der Waals surface area contributed by atoms with E-state index in [1.165, 1.54) is 6.42 Å². The minimum atomic E-state index is -1.21. The fourth-order valence-corrected chi connectivity index (χ4v) is 6.22. The van der Waals surface area contributed by atoms with Crippen molar-refractivity contribution in [2.24, 2.45) is 11.3 Å². The number of ketones is 1. The van der Waals surface area contributed by atoms with Gasteiger partial charge in [-0.25, -0.2) is 4.79 Å². The first-order valence-corrected chi connectivity index (χ1v) is 15.7. The molecule has 10 nitrogen and oxygen atoms in total. The molecule has 1 aliphatic heterocycles. The number of nitrogens with one attached hydrogen (secondary N) is 3. The third-order valence-corrected chi connectivity index (χ3v) is 7.88. The molecule has 1 saturated carbocycles. The fourth-order valence-electron chi connectivity index (χ4n) is 6.22. The summed E-state index contributed by atoms with van der Waals surface area (Å²) in [5, 5.41) is 8.56. The number of ether oxygens (including phenoxy) is 2. The van der Waals surface area contributed by atoms with Gasteiger partial charge in [0.1, 0.15) is 12.1 Å². The van der Waals surface area contributed by atoms with Gasteiger partial charge in [-0.2, -0.15) is 0 Å². The van der Waals surface area contributed by atoms with Gasteiger partial charge in [0.25, 0.3) is 5.91 Å². The van der Waals surface area contributed by atoms with E-state index in [9.17, 15) is 19.2 Å². The van der Waals surface area contributed by atoms with Gasteiger partial charge in [-0.05, 0) is 43.6 Å². The van der Waals surface area contributed by atoms with Crippen LogP contribution in [0, 0.1) is 11.3 Å². The zero-order chi connectivity index (χ0) is 31.5. The van der Waals surface area contributed by atoms with Crippen molar-refractivity contribution in [3.8, 4) is 0 Å². The van der Waals surface area contributed by atoms with Crippen LogP contribution in [0.5, 0.6) is 0 Å². The van der Waals surface area contributed by atoms with Crippen molar-refractivity contribution < 1.29 is 28.7 Å². The van der Waals surface area contributed by atoms with Crippen molar-refractivity contribution >= 4 is 23.6 Å². The molecule has 1 aromatic rings. The molecule has 0 aromatic heterocycles. The number of hydrogen-bond acceptors (Lipinski definition) is 6. The second-order valence-electron chi connectivity index (χ2n) is 13.8. The molecule has 3 rings (SSSR count). The molecule has 10 heteroatoms. The number of carbonyl (C=O) groups is 4. The molecule has 0 spiro atoms. The molecule has 3 N–H and O–H groups in total. The molecule has 1 saturated heterocycles. The van der Waals surface area contributed by atoms with Gasteiger partial charge < -0.3 is 30.3 Å². The summed E-state index contributed by atoms with van der Waals surface area (Å²) in [6.07, 6.45) is 6.46. The molecule has 1 aromatic carbocycles. The summed E-state index contributed by atoms with van der Waals surface area (Å²) in [5.74, 6) is -1.75. The summed E-state index contributed by atoms with van der Waals surface area (Å²) in [6, 6.07) is 7.10. The normalized spacial score (nSPS) is 17.9. The quantitative estimate of drug-likeness (QED) is 0.294. The van der Waals surface area contributed by atoms with Crippen molar-refractivity contribution in [1.82, 2.24) is 20.9 Å². The van der Waals surface area contributed by atoms with E-state index >= 15 is 0 Å². The maximum absolute atomic E-state index is 13.8. The van der Waals surface area contributed by atoms with E-state index in [2.05, 4.69) is 36.7 Å². The number of carbonyl (C=O) groups excluding carboxylic acids is 4. The van der Waals surface area contributed by atoms with Crippen LogP contribution >= 0.6 is 0 Å². The molecule has 43 heavy (non-hydrogen) atoms. The Bertz CT molecular complexity index is 1060. The van der Waals surface area contributed by atoms with E-state index in [1.807, 2.05) is 44.2 Å². The highest BCUT2D eigenvalue weighted by atomic mass is 16.5. The Morgan fingerprint density at radius 2 is 1.58 bits per heavy atom. The van der Waals surface area contributed by atoms with Crippen molar-refractivity contribution in [3.05, 3.63) is 35.9 Å². The Kier molecular flexibility index (Phi) is 13.0. The maximum atomic E-state index is 13.8.